The largest absolute Gasteiger partial charge is 0.464 e. The molecule has 0 unspecified atom stereocenters. The second kappa shape index (κ2) is 44.5. The zero-order chi connectivity index (χ0) is 54.6. The van der Waals surface area contributed by atoms with Gasteiger partial charge in [-0.25, -0.2) is 0 Å². The first-order valence-electron chi connectivity index (χ1n) is 26.7. The second-order valence-electron chi connectivity index (χ2n) is 14.5. The van der Waals surface area contributed by atoms with E-state index in [-0.39, 0.29) is 0 Å². The Morgan fingerprint density at radius 2 is 0.689 bits per heavy atom. The second-order valence-corrected chi connectivity index (χ2v) is 19.6. The van der Waals surface area contributed by atoms with Crippen LogP contribution in [-0.2, 0) is 18.6 Å². The van der Waals surface area contributed by atoms with Gasteiger partial charge in [-0.05, 0) is 138 Å². The summed E-state index contributed by atoms with van der Waals surface area (Å²) in [5.41, 5.74) is 0. The topological polar surface area (TPSA) is 65.7 Å². The first-order valence-corrected chi connectivity index (χ1v) is 31.7. The minimum absolute atomic E-state index is 0.658. The van der Waals surface area contributed by atoms with E-state index in [0.717, 1.165) is 64.7 Å². The molecule has 11 heteroatoms. The van der Waals surface area contributed by atoms with Gasteiger partial charge >= 0.3 is 0 Å². The lowest BCUT2D eigenvalue weighted by atomic mass is 10.1. The quantitative estimate of drug-likeness (QED) is 0.0818. The summed E-state index contributed by atoms with van der Waals surface area (Å²) in [5, 5.41) is 10.3. The first kappa shape index (κ1) is 67.3. The Morgan fingerprint density at radius 3 is 1.00 bits per heavy atom. The van der Waals surface area contributed by atoms with Gasteiger partial charge in [0, 0.05) is 18.6 Å². The monoisotopic (exact) mass is 1110 g/mol. The Labute approximate surface area is 472 Å². The van der Waals surface area contributed by atoms with E-state index in [2.05, 4.69) is 91.8 Å². The van der Waals surface area contributed by atoms with Crippen molar-refractivity contribution in [2.24, 2.45) is 0 Å². The molecule has 74 heavy (non-hydrogen) atoms. The Balaban J connectivity index is 0.000000446. The van der Waals surface area contributed by atoms with Crippen LogP contribution in [0, 0.1) is 6.92 Å². The molecule has 10 heterocycles. The molecule has 0 amide bonds. The molecule has 0 N–H and O–H groups in total. The van der Waals surface area contributed by atoms with Gasteiger partial charge in [-0.3, -0.25) is 0 Å². The van der Waals surface area contributed by atoms with E-state index in [9.17, 15) is 0 Å². The minimum Gasteiger partial charge on any atom is -0.464 e. The smallest absolute Gasteiger partial charge is 0.144 e. The van der Waals surface area contributed by atoms with Gasteiger partial charge in [0.15, 0.2) is 0 Å². The van der Waals surface area contributed by atoms with Crippen molar-refractivity contribution in [3.8, 4) is 53.2 Å². The van der Waals surface area contributed by atoms with Crippen LogP contribution in [0.4, 0.5) is 0 Å². The standard InChI is InChI=1S/C14H18OS.C13H16OS.C9H8OS2.C9H8OS.C8H6OS.5C2H6/c1-2-3-4-5-7-12-9-10-13(15-12)14-8-6-11-16-14;1-2-3-4-6-11-8-9-12(14-11)13-7-5-10-15-13;11-6-7-3-4-8(10-7)9-2-1-5-12-9;1-7-4-5-8(10-7)9-3-2-6-11-9;1-3-7(9-5-1)8-4-2-6-10-8;5*1-2/h6,8-11H,2-5,7H2,1H3;5,7-10H,2-4,6H2,1H3;1-5,11H,6H2;2-6H,1H3;1-6H;5*1-2H3. The SMILES string of the molecule is CC.CC.CC.CC.CC.CCCCCCc1ccc(-c2cccs2)o1.CCCCCc1ccc(-c2cccs2)o1.Cc1ccc(-c2cccs2)o1.SCc1ccc(-c2cccs2)o1.c1coc(-c2cccs2)c1. The van der Waals surface area contributed by atoms with E-state index in [4.69, 9.17) is 22.1 Å². The van der Waals surface area contributed by atoms with Gasteiger partial charge in [0.25, 0.3) is 0 Å². The third-order valence-corrected chi connectivity index (χ3v) is 14.3. The van der Waals surface area contributed by atoms with Crippen molar-refractivity contribution in [1.29, 1.82) is 0 Å². The third kappa shape index (κ3) is 26.1. The zero-order valence-electron chi connectivity index (χ0n) is 46.6. The molecule has 0 radical (unpaired) electrons. The molecule has 0 aliphatic heterocycles. The number of thiophene rings is 5. The molecular weight excluding hydrogens is 1030 g/mol. The Morgan fingerprint density at radius 1 is 0.351 bits per heavy atom. The van der Waals surface area contributed by atoms with Crippen LogP contribution in [0.2, 0.25) is 0 Å². The summed E-state index contributed by atoms with van der Waals surface area (Å²) >= 11 is 12.6. The molecule has 404 valence electrons. The van der Waals surface area contributed by atoms with Crippen molar-refractivity contribution in [1.82, 2.24) is 0 Å². The molecular formula is C63H86O5S6. The number of hydrogen-bond donors (Lipinski definition) is 1. The fraction of sp³-hybridized carbons (Fsp3) is 0.365. The fourth-order valence-corrected chi connectivity index (χ4v) is 9.85. The summed E-state index contributed by atoms with van der Waals surface area (Å²) in [4.78, 5) is 5.99. The molecule has 10 aromatic heterocycles. The van der Waals surface area contributed by atoms with Gasteiger partial charge in [-0.2, -0.15) is 12.6 Å². The molecule has 10 aromatic rings. The van der Waals surface area contributed by atoms with Gasteiger partial charge < -0.3 is 22.1 Å². The van der Waals surface area contributed by atoms with Crippen LogP contribution < -0.4 is 0 Å². The number of rotatable bonds is 15. The van der Waals surface area contributed by atoms with Crippen molar-refractivity contribution in [3.05, 3.63) is 178 Å². The van der Waals surface area contributed by atoms with Crippen molar-refractivity contribution in [2.45, 2.75) is 154 Å². The van der Waals surface area contributed by atoms with E-state index < -0.39 is 0 Å². The van der Waals surface area contributed by atoms with Crippen molar-refractivity contribution < 1.29 is 22.1 Å². The minimum atomic E-state index is 0.658. The molecule has 0 fully saturated rings. The number of aryl methyl sites for hydroxylation is 3. The Hall–Kier alpha value is -4.75. The fourth-order valence-electron chi connectivity index (χ4n) is 6.24. The highest BCUT2D eigenvalue weighted by molar-refractivity contribution is 7.79. The van der Waals surface area contributed by atoms with E-state index >= 15 is 0 Å². The van der Waals surface area contributed by atoms with Crippen LogP contribution in [0.1, 0.15) is 151 Å². The van der Waals surface area contributed by atoms with Crippen LogP contribution in [0.5, 0.6) is 0 Å². The summed E-state index contributed by atoms with van der Waals surface area (Å²) in [6.07, 6.45) is 12.8. The zero-order valence-corrected chi connectivity index (χ0v) is 51.6. The third-order valence-electron chi connectivity index (χ3n) is 9.53. The molecule has 0 saturated heterocycles. The lowest BCUT2D eigenvalue weighted by molar-refractivity contribution is 0.506. The summed E-state index contributed by atoms with van der Waals surface area (Å²) in [6, 6.07) is 40.7. The van der Waals surface area contributed by atoms with Crippen molar-refractivity contribution in [2.75, 3.05) is 0 Å². The van der Waals surface area contributed by atoms with Gasteiger partial charge in [0.2, 0.25) is 0 Å². The molecule has 0 aliphatic carbocycles. The van der Waals surface area contributed by atoms with Gasteiger partial charge in [-0.1, -0.05) is 146 Å². The molecule has 0 saturated carbocycles. The number of thiol groups is 1. The Bertz CT molecular complexity index is 2570. The summed E-state index contributed by atoms with van der Waals surface area (Å²) in [5.74, 6) is 9.67. The van der Waals surface area contributed by atoms with E-state index in [0.29, 0.717) is 5.75 Å². The molecule has 10 rings (SSSR count). The maximum absolute atomic E-state index is 5.82. The molecule has 0 spiro atoms. The van der Waals surface area contributed by atoms with Crippen LogP contribution >= 0.6 is 69.3 Å². The predicted molar refractivity (Wildman–Crippen MR) is 335 cm³/mol. The number of unbranched alkanes of at least 4 members (excludes halogenated alkanes) is 5. The summed E-state index contributed by atoms with van der Waals surface area (Å²) < 4.78 is 27.7. The van der Waals surface area contributed by atoms with Crippen molar-refractivity contribution in [3.63, 3.8) is 0 Å². The predicted octanol–water partition coefficient (Wildman–Crippen LogP) is 24.8. The highest BCUT2D eigenvalue weighted by Crippen LogP contribution is 2.30. The molecule has 0 atom stereocenters. The van der Waals surface area contributed by atoms with Gasteiger partial charge in [0.05, 0.1) is 30.6 Å². The van der Waals surface area contributed by atoms with Crippen LogP contribution in [0.3, 0.4) is 0 Å². The van der Waals surface area contributed by atoms with E-state index in [1.165, 1.54) is 69.3 Å². The van der Waals surface area contributed by atoms with Crippen molar-refractivity contribution >= 4 is 69.3 Å². The lowest BCUT2D eigenvalue weighted by Gasteiger charge is -1.96. The van der Waals surface area contributed by atoms with E-state index in [1.807, 2.05) is 159 Å². The lowest BCUT2D eigenvalue weighted by Crippen LogP contribution is -1.82. The highest BCUT2D eigenvalue weighted by Gasteiger charge is 2.07. The van der Waals surface area contributed by atoms with Crippen LogP contribution in [0.25, 0.3) is 53.2 Å². The summed E-state index contributed by atoms with van der Waals surface area (Å²) in [7, 11) is 0. The van der Waals surface area contributed by atoms with Gasteiger partial charge in [-0.15, -0.1) is 56.7 Å². The molecule has 0 aliphatic rings. The average Bonchev–Trinajstić information content (AvgIpc) is 4.30. The number of hydrogen-bond acceptors (Lipinski definition) is 11. The molecule has 5 nitrogen and oxygen atoms in total. The maximum Gasteiger partial charge on any atom is 0.144 e. The molecule has 0 aromatic carbocycles. The van der Waals surface area contributed by atoms with Crippen LogP contribution in [0.15, 0.2) is 177 Å². The highest BCUT2D eigenvalue weighted by atomic mass is 32.1. The molecule has 0 bridgehead atoms. The Kier molecular flexibility index (Phi) is 40.5. The van der Waals surface area contributed by atoms with Gasteiger partial charge in [0.1, 0.15) is 51.8 Å². The number of furan rings is 5. The average molecular weight is 1120 g/mol. The van der Waals surface area contributed by atoms with E-state index in [1.54, 1.807) is 62.9 Å². The normalized spacial score (nSPS) is 9.49. The maximum atomic E-state index is 5.82. The first-order chi connectivity index (χ1) is 36.5. The van der Waals surface area contributed by atoms with Crippen LogP contribution in [-0.4, -0.2) is 0 Å². The summed E-state index contributed by atoms with van der Waals surface area (Å²) in [6.45, 7) is 26.4.